The van der Waals surface area contributed by atoms with E-state index in [-0.39, 0.29) is 0 Å². The van der Waals surface area contributed by atoms with Gasteiger partial charge in [-0.1, -0.05) is 18.2 Å². The molecular formula is C17H26N2O2. The van der Waals surface area contributed by atoms with Crippen molar-refractivity contribution in [3.05, 3.63) is 29.8 Å². The molecule has 0 spiro atoms. The molecule has 0 radical (unpaired) electrons. The van der Waals surface area contributed by atoms with Crippen LogP contribution in [0.25, 0.3) is 0 Å². The summed E-state index contributed by atoms with van der Waals surface area (Å²) in [6.45, 7) is 8.15. The second-order valence-corrected chi connectivity index (χ2v) is 5.88. The molecule has 0 saturated carbocycles. The largest absolute Gasteiger partial charge is 0.493 e. The number of rotatable bonds is 6. The van der Waals surface area contributed by atoms with Crippen LogP contribution in [0.15, 0.2) is 24.3 Å². The third kappa shape index (κ3) is 4.19. The van der Waals surface area contributed by atoms with Crippen LogP contribution < -0.4 is 10.1 Å². The van der Waals surface area contributed by atoms with E-state index >= 15 is 0 Å². The van der Waals surface area contributed by atoms with E-state index < -0.39 is 0 Å². The monoisotopic (exact) mass is 290 g/mol. The number of fused-ring (bicyclic) bond motifs is 1. The average molecular weight is 290 g/mol. The molecule has 1 N–H and O–H groups in total. The summed E-state index contributed by atoms with van der Waals surface area (Å²) in [4.78, 5) is 2.49. The van der Waals surface area contributed by atoms with Crippen LogP contribution in [0.3, 0.4) is 0 Å². The highest BCUT2D eigenvalue weighted by atomic mass is 16.5. The predicted molar refractivity (Wildman–Crippen MR) is 84.0 cm³/mol. The third-order valence-corrected chi connectivity index (χ3v) is 4.41. The molecule has 0 amide bonds. The molecule has 0 bridgehead atoms. The Morgan fingerprint density at radius 3 is 2.90 bits per heavy atom. The fraction of sp³-hybridized carbons (Fsp3) is 0.647. The molecule has 0 aliphatic carbocycles. The summed E-state index contributed by atoms with van der Waals surface area (Å²) in [5.74, 6) is 1.67. The van der Waals surface area contributed by atoms with Crippen molar-refractivity contribution in [2.45, 2.75) is 18.8 Å². The van der Waals surface area contributed by atoms with Gasteiger partial charge < -0.3 is 14.8 Å². The number of para-hydroxylation sites is 1. The minimum Gasteiger partial charge on any atom is -0.493 e. The first-order chi connectivity index (χ1) is 10.4. The Morgan fingerprint density at radius 1 is 1.14 bits per heavy atom. The van der Waals surface area contributed by atoms with Crippen molar-refractivity contribution in [1.82, 2.24) is 10.2 Å². The van der Waals surface area contributed by atoms with Crippen molar-refractivity contribution in [2.24, 2.45) is 0 Å². The first-order valence-corrected chi connectivity index (χ1v) is 8.16. The van der Waals surface area contributed by atoms with E-state index in [9.17, 15) is 0 Å². The molecule has 116 valence electrons. The molecule has 2 aliphatic heterocycles. The van der Waals surface area contributed by atoms with Crippen LogP contribution in [-0.2, 0) is 4.74 Å². The molecule has 1 saturated heterocycles. The zero-order chi connectivity index (χ0) is 14.3. The zero-order valence-electron chi connectivity index (χ0n) is 12.7. The Morgan fingerprint density at radius 2 is 2.00 bits per heavy atom. The number of benzene rings is 1. The Labute approximate surface area is 127 Å². The molecule has 1 atom stereocenters. The fourth-order valence-electron chi connectivity index (χ4n) is 3.16. The maximum Gasteiger partial charge on any atom is 0.122 e. The lowest BCUT2D eigenvalue weighted by Gasteiger charge is -2.27. The Bertz CT molecular complexity index is 433. The van der Waals surface area contributed by atoms with Gasteiger partial charge in [-0.25, -0.2) is 0 Å². The van der Waals surface area contributed by atoms with Crippen molar-refractivity contribution in [1.29, 1.82) is 0 Å². The molecule has 2 aliphatic rings. The van der Waals surface area contributed by atoms with Gasteiger partial charge in [0.1, 0.15) is 5.75 Å². The van der Waals surface area contributed by atoms with Crippen molar-refractivity contribution in [2.75, 3.05) is 52.5 Å². The summed E-state index contributed by atoms with van der Waals surface area (Å²) >= 11 is 0. The first kappa shape index (κ1) is 14.8. The van der Waals surface area contributed by atoms with Crippen LogP contribution in [0.5, 0.6) is 5.75 Å². The molecule has 2 heterocycles. The van der Waals surface area contributed by atoms with Crippen LogP contribution in [0, 0.1) is 0 Å². The zero-order valence-corrected chi connectivity index (χ0v) is 12.7. The Kier molecular flexibility index (Phi) is 5.49. The number of nitrogens with zero attached hydrogens (tertiary/aromatic N) is 1. The van der Waals surface area contributed by atoms with E-state index in [4.69, 9.17) is 9.47 Å². The minimum absolute atomic E-state index is 0.596. The number of ether oxygens (including phenoxy) is 2. The van der Waals surface area contributed by atoms with Gasteiger partial charge in [-0.2, -0.15) is 0 Å². The molecule has 4 nitrogen and oxygen atoms in total. The van der Waals surface area contributed by atoms with Crippen LogP contribution in [0.2, 0.25) is 0 Å². The van der Waals surface area contributed by atoms with Gasteiger partial charge in [0, 0.05) is 25.6 Å². The molecule has 1 aromatic rings. The van der Waals surface area contributed by atoms with Gasteiger partial charge in [-0.3, -0.25) is 4.90 Å². The minimum atomic E-state index is 0.596. The third-order valence-electron chi connectivity index (χ3n) is 4.41. The highest BCUT2D eigenvalue weighted by molar-refractivity contribution is 5.37. The van der Waals surface area contributed by atoms with Crippen LogP contribution in [0.4, 0.5) is 0 Å². The lowest BCUT2D eigenvalue weighted by atomic mass is 9.93. The lowest BCUT2D eigenvalue weighted by Crippen LogP contribution is -2.38. The normalized spacial score (nSPS) is 22.6. The van der Waals surface area contributed by atoms with Crippen molar-refractivity contribution < 1.29 is 9.47 Å². The van der Waals surface area contributed by atoms with Gasteiger partial charge in [0.25, 0.3) is 0 Å². The molecule has 4 heteroatoms. The summed E-state index contributed by atoms with van der Waals surface area (Å²) in [7, 11) is 0. The van der Waals surface area contributed by atoms with E-state index in [0.29, 0.717) is 5.92 Å². The highest BCUT2D eigenvalue weighted by Crippen LogP contribution is 2.32. The molecule has 3 rings (SSSR count). The van der Waals surface area contributed by atoms with Crippen LogP contribution in [0.1, 0.15) is 24.3 Å². The van der Waals surface area contributed by atoms with E-state index in [2.05, 4.69) is 34.5 Å². The summed E-state index contributed by atoms with van der Waals surface area (Å²) in [6.07, 6.45) is 2.33. The second kappa shape index (κ2) is 7.78. The van der Waals surface area contributed by atoms with E-state index in [0.717, 1.165) is 58.2 Å². The molecule has 1 unspecified atom stereocenters. The number of morpholine rings is 1. The van der Waals surface area contributed by atoms with Crippen molar-refractivity contribution in [3.63, 3.8) is 0 Å². The van der Waals surface area contributed by atoms with Gasteiger partial charge in [0.2, 0.25) is 0 Å². The molecule has 1 fully saturated rings. The van der Waals surface area contributed by atoms with Crippen LogP contribution >= 0.6 is 0 Å². The first-order valence-electron chi connectivity index (χ1n) is 8.16. The Hall–Kier alpha value is -1.10. The quantitative estimate of drug-likeness (QED) is 0.811. The van der Waals surface area contributed by atoms with E-state index in [1.165, 1.54) is 18.5 Å². The van der Waals surface area contributed by atoms with E-state index in [1.54, 1.807) is 0 Å². The number of hydrogen-bond donors (Lipinski definition) is 1. The summed E-state index contributed by atoms with van der Waals surface area (Å²) < 4.78 is 11.1. The van der Waals surface area contributed by atoms with E-state index in [1.807, 2.05) is 0 Å². The van der Waals surface area contributed by atoms with Crippen molar-refractivity contribution in [3.8, 4) is 5.75 Å². The molecule has 21 heavy (non-hydrogen) atoms. The standard InChI is InChI=1S/C17H26N2O2/c1-2-5-17-16(4-1)15(6-11-21-17)14-18-7-3-8-19-9-12-20-13-10-19/h1-2,4-5,15,18H,3,6-14H2. The van der Waals surface area contributed by atoms with Gasteiger partial charge in [-0.05, 0) is 37.6 Å². The molecular weight excluding hydrogens is 264 g/mol. The summed E-state index contributed by atoms with van der Waals surface area (Å²) in [5.41, 5.74) is 1.37. The topological polar surface area (TPSA) is 33.7 Å². The van der Waals surface area contributed by atoms with Gasteiger partial charge in [0.05, 0.1) is 19.8 Å². The lowest BCUT2D eigenvalue weighted by molar-refractivity contribution is 0.0374. The van der Waals surface area contributed by atoms with Gasteiger partial charge in [-0.15, -0.1) is 0 Å². The second-order valence-electron chi connectivity index (χ2n) is 5.88. The summed E-state index contributed by atoms with van der Waals surface area (Å²) in [5, 5.41) is 3.62. The maximum absolute atomic E-state index is 5.71. The fourth-order valence-corrected chi connectivity index (χ4v) is 3.16. The average Bonchev–Trinajstić information content (AvgIpc) is 2.56. The number of hydrogen-bond acceptors (Lipinski definition) is 4. The molecule has 1 aromatic carbocycles. The SMILES string of the molecule is c1ccc2c(c1)OCCC2CNCCCN1CCOCC1. The number of nitrogens with one attached hydrogen (secondary N) is 1. The highest BCUT2D eigenvalue weighted by Gasteiger charge is 2.20. The predicted octanol–water partition coefficient (Wildman–Crippen LogP) is 1.86. The maximum atomic E-state index is 5.71. The van der Waals surface area contributed by atoms with Gasteiger partial charge >= 0.3 is 0 Å². The Balaban J connectivity index is 1.36. The summed E-state index contributed by atoms with van der Waals surface area (Å²) in [6, 6.07) is 8.45. The molecule has 0 aromatic heterocycles. The van der Waals surface area contributed by atoms with Crippen LogP contribution in [-0.4, -0.2) is 57.4 Å². The van der Waals surface area contributed by atoms with Crippen molar-refractivity contribution >= 4 is 0 Å². The van der Waals surface area contributed by atoms with Gasteiger partial charge in [0.15, 0.2) is 0 Å². The smallest absolute Gasteiger partial charge is 0.122 e.